The summed E-state index contributed by atoms with van der Waals surface area (Å²) in [5.74, 6) is 1.30. The van der Waals surface area contributed by atoms with Crippen LogP contribution in [0, 0.1) is 11.8 Å². The molecule has 7 nitrogen and oxygen atoms in total. The first-order valence-corrected chi connectivity index (χ1v) is 13.1. The fraction of sp³-hybridized carbons (Fsp3) is 0.593. The fourth-order valence-corrected chi connectivity index (χ4v) is 5.93. The van der Waals surface area contributed by atoms with Gasteiger partial charge in [-0.15, -0.1) is 0 Å². The number of nitrogens with one attached hydrogen (secondary N) is 2. The normalized spacial score (nSPS) is 24.4. The number of aromatic amines is 1. The van der Waals surface area contributed by atoms with Gasteiger partial charge >= 0.3 is 0 Å². The number of hydrogen-bond donors (Lipinski definition) is 2. The quantitative estimate of drug-likeness (QED) is 0.659. The summed E-state index contributed by atoms with van der Waals surface area (Å²) >= 11 is 0. The molecule has 2 amide bonds. The van der Waals surface area contributed by atoms with Gasteiger partial charge in [-0.05, 0) is 68.5 Å². The maximum Gasteiger partial charge on any atom is 0.271 e. The Morgan fingerprint density at radius 2 is 1.88 bits per heavy atom. The van der Waals surface area contributed by atoms with Gasteiger partial charge in [-0.3, -0.25) is 14.7 Å². The molecule has 2 aromatic rings. The lowest BCUT2D eigenvalue weighted by Gasteiger charge is -2.46. The first-order valence-electron chi connectivity index (χ1n) is 13.1. The molecule has 2 N–H and O–H groups in total. The molecule has 5 rings (SSSR count). The summed E-state index contributed by atoms with van der Waals surface area (Å²) in [6.07, 6.45) is 7.03. The molecule has 182 valence electrons. The number of carbonyl (C=O) groups is 2. The number of H-pyrrole nitrogens is 1. The Bertz CT molecular complexity index is 995. The van der Waals surface area contributed by atoms with Crippen LogP contribution < -0.4 is 5.32 Å². The minimum absolute atomic E-state index is 0.0449. The van der Waals surface area contributed by atoms with Gasteiger partial charge in [0.2, 0.25) is 5.91 Å². The highest BCUT2D eigenvalue weighted by Gasteiger charge is 2.38. The predicted octanol–water partition coefficient (Wildman–Crippen LogP) is 3.48. The minimum Gasteiger partial charge on any atom is -0.343 e. The van der Waals surface area contributed by atoms with Crippen LogP contribution in [0.5, 0.6) is 0 Å². The number of fused-ring (bicyclic) bond motifs is 2. The van der Waals surface area contributed by atoms with Gasteiger partial charge in [0.05, 0.1) is 5.69 Å². The van der Waals surface area contributed by atoms with Gasteiger partial charge in [0.1, 0.15) is 5.69 Å². The van der Waals surface area contributed by atoms with Gasteiger partial charge in [-0.25, -0.2) is 0 Å². The monoisotopic (exact) mass is 463 g/mol. The zero-order valence-electron chi connectivity index (χ0n) is 20.3. The second kappa shape index (κ2) is 10.3. The van der Waals surface area contributed by atoms with Crippen LogP contribution in [0.1, 0.15) is 61.5 Å². The minimum atomic E-state index is 0.0449. The van der Waals surface area contributed by atoms with E-state index in [2.05, 4.69) is 46.7 Å². The highest BCUT2D eigenvalue weighted by molar-refractivity contribution is 5.93. The summed E-state index contributed by atoms with van der Waals surface area (Å²) in [7, 11) is 0. The number of likely N-dealkylation sites (tertiary alicyclic amines) is 2. The van der Waals surface area contributed by atoms with Crippen molar-refractivity contribution < 1.29 is 9.59 Å². The Morgan fingerprint density at radius 3 is 2.65 bits per heavy atom. The van der Waals surface area contributed by atoms with E-state index in [0.29, 0.717) is 35.9 Å². The van der Waals surface area contributed by atoms with E-state index in [0.717, 1.165) is 76.1 Å². The molecular weight excluding hydrogens is 426 g/mol. The molecule has 7 heteroatoms. The Balaban J connectivity index is 1.17. The van der Waals surface area contributed by atoms with Crippen LogP contribution in [-0.2, 0) is 11.2 Å². The third kappa shape index (κ3) is 5.04. The molecule has 1 aromatic heterocycles. The third-order valence-corrected chi connectivity index (χ3v) is 7.93. The first kappa shape index (κ1) is 23.1. The Morgan fingerprint density at radius 1 is 1.09 bits per heavy atom. The van der Waals surface area contributed by atoms with Crippen LogP contribution in [0.4, 0.5) is 0 Å². The molecule has 2 bridgehead atoms. The average Bonchev–Trinajstić information content (AvgIpc) is 3.58. The van der Waals surface area contributed by atoms with Crippen LogP contribution in [0.25, 0.3) is 11.3 Å². The summed E-state index contributed by atoms with van der Waals surface area (Å²) in [5.41, 5.74) is 3.69. The average molecular weight is 464 g/mol. The summed E-state index contributed by atoms with van der Waals surface area (Å²) < 4.78 is 0. The Labute approximate surface area is 202 Å². The van der Waals surface area contributed by atoms with Crippen molar-refractivity contribution in [1.29, 1.82) is 0 Å². The number of rotatable bonds is 7. The molecule has 34 heavy (non-hydrogen) atoms. The molecule has 0 aliphatic carbocycles. The lowest BCUT2D eigenvalue weighted by atomic mass is 9.79. The molecule has 3 aliphatic heterocycles. The zero-order chi connectivity index (χ0) is 23.5. The van der Waals surface area contributed by atoms with Gasteiger partial charge in [0.25, 0.3) is 5.91 Å². The van der Waals surface area contributed by atoms with Crippen LogP contribution >= 0.6 is 0 Å². The SMILES string of the molecule is CCc1ccc(-c2cc(C(=O)N3C[C@@H]4CN[C@H](CCCC(=O)N5CCCC5)[C@H](C4)C3)[nH]n2)cc1. The molecule has 0 spiro atoms. The van der Waals surface area contributed by atoms with Crippen molar-refractivity contribution in [3.05, 3.63) is 41.6 Å². The lowest BCUT2D eigenvalue weighted by molar-refractivity contribution is -0.130. The lowest BCUT2D eigenvalue weighted by Crippen LogP contribution is -2.57. The fourth-order valence-electron chi connectivity index (χ4n) is 5.93. The maximum absolute atomic E-state index is 13.3. The van der Waals surface area contributed by atoms with Crippen molar-refractivity contribution in [2.24, 2.45) is 11.8 Å². The van der Waals surface area contributed by atoms with E-state index in [4.69, 9.17) is 0 Å². The number of nitrogens with zero attached hydrogens (tertiary/aromatic N) is 3. The third-order valence-electron chi connectivity index (χ3n) is 7.93. The summed E-state index contributed by atoms with van der Waals surface area (Å²) in [5, 5.41) is 11.1. The van der Waals surface area contributed by atoms with E-state index in [1.807, 2.05) is 15.9 Å². The van der Waals surface area contributed by atoms with Gasteiger partial charge in [0, 0.05) is 44.2 Å². The van der Waals surface area contributed by atoms with Crippen LogP contribution in [-0.4, -0.2) is 70.6 Å². The van der Waals surface area contributed by atoms with Crippen molar-refractivity contribution >= 4 is 11.8 Å². The van der Waals surface area contributed by atoms with E-state index in [9.17, 15) is 9.59 Å². The zero-order valence-corrected chi connectivity index (χ0v) is 20.3. The molecule has 1 aromatic carbocycles. The Hall–Kier alpha value is -2.67. The maximum atomic E-state index is 13.3. The second-order valence-corrected chi connectivity index (χ2v) is 10.3. The van der Waals surface area contributed by atoms with E-state index in [1.165, 1.54) is 12.0 Å². The molecule has 0 radical (unpaired) electrons. The topological polar surface area (TPSA) is 81.3 Å². The number of aromatic nitrogens is 2. The van der Waals surface area contributed by atoms with Crippen LogP contribution in [0.15, 0.2) is 30.3 Å². The van der Waals surface area contributed by atoms with E-state index in [1.54, 1.807) is 0 Å². The number of piperidine rings is 2. The largest absolute Gasteiger partial charge is 0.343 e. The van der Waals surface area contributed by atoms with Gasteiger partial charge in [-0.1, -0.05) is 31.2 Å². The second-order valence-electron chi connectivity index (χ2n) is 10.3. The standard InChI is InChI=1S/C27H37N5O2/c1-2-19-8-10-21(11-9-19)24-15-25(30-29-24)27(34)32-17-20-14-22(18-32)23(28-16-20)6-5-7-26(33)31-12-3-4-13-31/h8-11,15,20,22-23,28H,2-7,12-14,16-18H2,1H3,(H,29,30)/t20-,22+,23+/m0/s1. The number of amides is 2. The Kier molecular flexibility index (Phi) is 6.99. The van der Waals surface area contributed by atoms with Crippen LogP contribution in [0.3, 0.4) is 0 Å². The van der Waals surface area contributed by atoms with Gasteiger partial charge in [0.15, 0.2) is 0 Å². The summed E-state index contributed by atoms with van der Waals surface area (Å²) in [6.45, 7) is 6.52. The molecule has 3 atom stereocenters. The molecule has 4 heterocycles. The number of benzene rings is 1. The van der Waals surface area contributed by atoms with Crippen LogP contribution in [0.2, 0.25) is 0 Å². The van der Waals surface area contributed by atoms with Crippen molar-refractivity contribution in [3.8, 4) is 11.3 Å². The van der Waals surface area contributed by atoms with Crippen molar-refractivity contribution in [2.75, 3.05) is 32.7 Å². The summed E-state index contributed by atoms with van der Waals surface area (Å²) in [4.78, 5) is 29.7. The molecule has 3 saturated heterocycles. The molecule has 3 fully saturated rings. The highest BCUT2D eigenvalue weighted by Crippen LogP contribution is 2.31. The molecule has 0 unspecified atom stereocenters. The van der Waals surface area contributed by atoms with Gasteiger partial charge < -0.3 is 15.1 Å². The van der Waals surface area contributed by atoms with E-state index >= 15 is 0 Å². The number of aryl methyl sites for hydroxylation is 1. The van der Waals surface area contributed by atoms with E-state index < -0.39 is 0 Å². The van der Waals surface area contributed by atoms with Gasteiger partial charge in [-0.2, -0.15) is 5.10 Å². The number of carbonyl (C=O) groups excluding carboxylic acids is 2. The molecule has 3 aliphatic rings. The first-order chi connectivity index (χ1) is 16.6. The van der Waals surface area contributed by atoms with Crippen molar-refractivity contribution in [2.45, 2.75) is 57.9 Å². The predicted molar refractivity (Wildman–Crippen MR) is 132 cm³/mol. The number of hydrogen-bond acceptors (Lipinski definition) is 4. The highest BCUT2D eigenvalue weighted by atomic mass is 16.2. The summed E-state index contributed by atoms with van der Waals surface area (Å²) in [6, 6.07) is 10.6. The van der Waals surface area contributed by atoms with Crippen molar-refractivity contribution in [1.82, 2.24) is 25.3 Å². The molecular formula is C27H37N5O2. The smallest absolute Gasteiger partial charge is 0.271 e. The molecule has 0 saturated carbocycles. The van der Waals surface area contributed by atoms with Crippen molar-refractivity contribution in [3.63, 3.8) is 0 Å². The van der Waals surface area contributed by atoms with E-state index in [-0.39, 0.29) is 5.91 Å².